The minimum Gasteiger partial charge on any atom is -0.457 e. The average Bonchev–Trinajstić information content (AvgIpc) is 3.37. The average molecular weight is 383 g/mol. The zero-order valence-corrected chi connectivity index (χ0v) is 14.2. The summed E-state index contributed by atoms with van der Waals surface area (Å²) in [7, 11) is 0. The fraction of sp³-hybridized carbons (Fsp3) is 0. The van der Waals surface area contributed by atoms with Crippen LogP contribution in [0.5, 0.6) is 11.5 Å². The third-order valence-electron chi connectivity index (χ3n) is 3.22. The predicted molar refractivity (Wildman–Crippen MR) is 94.1 cm³/mol. The van der Waals surface area contributed by atoms with Gasteiger partial charge in [-0.3, -0.25) is 0 Å². The fourth-order valence-electron chi connectivity index (χ4n) is 2.04. The van der Waals surface area contributed by atoms with E-state index in [1.165, 1.54) is 55.1 Å². The van der Waals surface area contributed by atoms with Gasteiger partial charge in [-0.2, -0.15) is 5.10 Å². The van der Waals surface area contributed by atoms with E-state index in [-0.39, 0.29) is 23.0 Å². The number of nitrogens with zero attached hydrogens (tertiary/aromatic N) is 1. The molecule has 1 aromatic carbocycles. The molecule has 0 unspecified atom stereocenters. The number of ether oxygens (including phenoxy) is 2. The molecule has 0 atom stereocenters. The van der Waals surface area contributed by atoms with E-state index in [0.29, 0.717) is 5.56 Å². The maximum Gasteiger partial charge on any atom is 0.379 e. The van der Waals surface area contributed by atoms with E-state index in [1.54, 1.807) is 6.07 Å². The summed E-state index contributed by atoms with van der Waals surface area (Å²) in [6, 6.07) is 9.26. The molecule has 3 rings (SSSR count). The summed E-state index contributed by atoms with van der Waals surface area (Å²) in [5, 5.41) is 3.62. The summed E-state index contributed by atoms with van der Waals surface area (Å²) in [6.45, 7) is 0. The van der Waals surface area contributed by atoms with Crippen molar-refractivity contribution in [2.24, 2.45) is 10.8 Å². The fourth-order valence-corrected chi connectivity index (χ4v) is 2.04. The first-order valence-electron chi connectivity index (χ1n) is 7.77. The van der Waals surface area contributed by atoms with Crippen molar-refractivity contribution in [3.05, 3.63) is 72.1 Å². The molecular weight excluding hydrogens is 370 g/mol. The van der Waals surface area contributed by atoms with Crippen LogP contribution in [0.1, 0.15) is 26.7 Å². The lowest BCUT2D eigenvalue weighted by Crippen LogP contribution is -2.24. The van der Waals surface area contributed by atoms with Crippen molar-refractivity contribution in [3.63, 3.8) is 0 Å². The first-order valence-corrected chi connectivity index (χ1v) is 7.77. The van der Waals surface area contributed by atoms with Crippen LogP contribution >= 0.6 is 0 Å². The lowest BCUT2D eigenvalue weighted by molar-refractivity contribution is 0.0698. The van der Waals surface area contributed by atoms with E-state index in [4.69, 9.17) is 24.0 Å². The number of nitrogens with one attached hydrogen (secondary N) is 1. The SMILES string of the molecule is NC(=O)N/N=C\c1ccc(OC(=O)c2ccco2)cc1OC(=O)c1ccco1. The maximum absolute atomic E-state index is 12.2. The molecule has 0 aliphatic rings. The van der Waals surface area contributed by atoms with Gasteiger partial charge in [-0.25, -0.2) is 19.8 Å². The normalized spacial score (nSPS) is 10.6. The molecule has 2 heterocycles. The molecule has 2 amide bonds. The Balaban J connectivity index is 1.84. The van der Waals surface area contributed by atoms with Gasteiger partial charge in [0, 0.05) is 11.6 Å². The monoisotopic (exact) mass is 383 g/mol. The van der Waals surface area contributed by atoms with E-state index < -0.39 is 18.0 Å². The second kappa shape index (κ2) is 8.36. The number of benzene rings is 1. The van der Waals surface area contributed by atoms with Crippen molar-refractivity contribution in [1.29, 1.82) is 0 Å². The van der Waals surface area contributed by atoms with Crippen molar-refractivity contribution in [2.45, 2.75) is 0 Å². The van der Waals surface area contributed by atoms with Gasteiger partial charge in [0.05, 0.1) is 18.7 Å². The van der Waals surface area contributed by atoms with Gasteiger partial charge in [-0.05, 0) is 36.4 Å². The molecule has 2 aromatic heterocycles. The Morgan fingerprint density at radius 2 is 1.61 bits per heavy atom. The van der Waals surface area contributed by atoms with Gasteiger partial charge in [-0.1, -0.05) is 0 Å². The molecule has 0 saturated carbocycles. The Hall–Kier alpha value is -4.34. The number of amides is 2. The van der Waals surface area contributed by atoms with Gasteiger partial charge < -0.3 is 24.0 Å². The number of carbonyl (C=O) groups excluding carboxylic acids is 3. The van der Waals surface area contributed by atoms with Crippen LogP contribution in [0.2, 0.25) is 0 Å². The maximum atomic E-state index is 12.2. The van der Waals surface area contributed by atoms with Crippen LogP contribution in [0.3, 0.4) is 0 Å². The van der Waals surface area contributed by atoms with Gasteiger partial charge in [0.25, 0.3) is 0 Å². The van der Waals surface area contributed by atoms with Gasteiger partial charge in [0.15, 0.2) is 0 Å². The van der Waals surface area contributed by atoms with Crippen LogP contribution in [0.25, 0.3) is 0 Å². The standard InChI is InChI=1S/C18H13N3O7/c19-18(24)21-20-10-11-5-6-12(27-16(22)13-3-1-7-25-13)9-15(11)28-17(23)14-4-2-8-26-14/h1-10H,(H3,19,21,24)/b20-10-. The van der Waals surface area contributed by atoms with Gasteiger partial charge in [-0.15, -0.1) is 0 Å². The molecule has 0 fully saturated rings. The Bertz CT molecular complexity index is 1010. The predicted octanol–water partition coefficient (Wildman–Crippen LogP) is 2.31. The number of hydrogen-bond acceptors (Lipinski definition) is 8. The summed E-state index contributed by atoms with van der Waals surface area (Å²) in [6.07, 6.45) is 3.85. The van der Waals surface area contributed by atoms with Crippen molar-refractivity contribution in [3.8, 4) is 11.5 Å². The van der Waals surface area contributed by atoms with Crippen molar-refractivity contribution >= 4 is 24.2 Å². The number of furan rings is 2. The quantitative estimate of drug-likeness (QED) is 0.287. The number of rotatable bonds is 6. The molecule has 142 valence electrons. The Kier molecular flexibility index (Phi) is 5.51. The molecule has 0 aliphatic carbocycles. The highest BCUT2D eigenvalue weighted by molar-refractivity contribution is 5.92. The summed E-state index contributed by atoms with van der Waals surface area (Å²) >= 11 is 0. The molecule has 0 aliphatic heterocycles. The topological polar surface area (TPSA) is 146 Å². The minimum atomic E-state index is -0.866. The minimum absolute atomic E-state index is 0.00108. The van der Waals surface area contributed by atoms with Gasteiger partial charge in [0.1, 0.15) is 11.5 Å². The number of primary amides is 1. The van der Waals surface area contributed by atoms with Crippen molar-refractivity contribution in [2.75, 3.05) is 0 Å². The highest BCUT2D eigenvalue weighted by Crippen LogP contribution is 2.26. The molecular formula is C18H13N3O7. The molecule has 10 nitrogen and oxygen atoms in total. The third kappa shape index (κ3) is 4.64. The molecule has 3 N–H and O–H groups in total. The first kappa shape index (κ1) is 18.5. The van der Waals surface area contributed by atoms with Crippen molar-refractivity contribution in [1.82, 2.24) is 5.43 Å². The summed E-state index contributed by atoms with van der Waals surface area (Å²) in [5.41, 5.74) is 7.25. The second-order valence-electron chi connectivity index (χ2n) is 5.17. The van der Waals surface area contributed by atoms with E-state index in [0.717, 1.165) is 0 Å². The molecule has 0 bridgehead atoms. The summed E-state index contributed by atoms with van der Waals surface area (Å²) < 4.78 is 20.4. The molecule has 3 aromatic rings. The van der Waals surface area contributed by atoms with Crippen LogP contribution in [0, 0.1) is 0 Å². The van der Waals surface area contributed by atoms with Crippen LogP contribution in [0.4, 0.5) is 4.79 Å². The largest absolute Gasteiger partial charge is 0.457 e. The van der Waals surface area contributed by atoms with Crippen LogP contribution < -0.4 is 20.6 Å². The van der Waals surface area contributed by atoms with Gasteiger partial charge >= 0.3 is 18.0 Å². The number of hydrazone groups is 1. The van der Waals surface area contributed by atoms with E-state index in [2.05, 4.69) is 5.10 Å². The second-order valence-corrected chi connectivity index (χ2v) is 5.17. The molecule has 0 saturated heterocycles. The van der Waals surface area contributed by atoms with E-state index in [1.807, 2.05) is 5.43 Å². The summed E-state index contributed by atoms with van der Waals surface area (Å²) in [4.78, 5) is 34.9. The molecule has 10 heteroatoms. The van der Waals surface area contributed by atoms with E-state index in [9.17, 15) is 14.4 Å². The van der Waals surface area contributed by atoms with E-state index >= 15 is 0 Å². The third-order valence-corrected chi connectivity index (χ3v) is 3.22. The zero-order chi connectivity index (χ0) is 19.9. The Labute approximate surface area is 157 Å². The lowest BCUT2D eigenvalue weighted by Gasteiger charge is -2.09. The summed E-state index contributed by atoms with van der Waals surface area (Å²) in [5.74, 6) is -1.45. The number of esters is 2. The zero-order valence-electron chi connectivity index (χ0n) is 14.2. The molecule has 28 heavy (non-hydrogen) atoms. The number of hydrogen-bond donors (Lipinski definition) is 2. The number of urea groups is 1. The molecule has 0 radical (unpaired) electrons. The smallest absolute Gasteiger partial charge is 0.379 e. The Morgan fingerprint density at radius 3 is 2.18 bits per heavy atom. The van der Waals surface area contributed by atoms with Crippen molar-refractivity contribution < 1.29 is 32.7 Å². The lowest BCUT2D eigenvalue weighted by atomic mass is 10.2. The molecule has 0 spiro atoms. The number of carbonyl (C=O) groups is 3. The highest BCUT2D eigenvalue weighted by atomic mass is 16.6. The number of nitrogens with two attached hydrogens (primary N) is 1. The van der Waals surface area contributed by atoms with Crippen LogP contribution in [-0.2, 0) is 0 Å². The first-order chi connectivity index (χ1) is 13.5. The Morgan fingerprint density at radius 1 is 0.964 bits per heavy atom. The van der Waals surface area contributed by atoms with Gasteiger partial charge in [0.2, 0.25) is 11.5 Å². The highest BCUT2D eigenvalue weighted by Gasteiger charge is 2.17. The van der Waals surface area contributed by atoms with Crippen LogP contribution in [0.15, 0.2) is 68.9 Å². The van der Waals surface area contributed by atoms with Crippen LogP contribution in [-0.4, -0.2) is 24.2 Å².